The van der Waals surface area contributed by atoms with Crippen molar-refractivity contribution < 1.29 is 14.3 Å². The molecule has 0 aromatic heterocycles. The first-order valence-electron chi connectivity index (χ1n) is 3.20. The summed E-state index contributed by atoms with van der Waals surface area (Å²) in [5.74, 6) is 0. The smallest absolute Gasteiger partial charge is 0.394 e. The van der Waals surface area contributed by atoms with E-state index in [1.54, 1.807) is 0 Å². The standard InChI is InChI=1S/C7H10O3/c1-5(2)3-4-6-9-7(8)10-6/h6H,1,3-4H2,2H3. The van der Waals surface area contributed by atoms with E-state index in [-0.39, 0.29) is 6.29 Å². The van der Waals surface area contributed by atoms with E-state index in [0.717, 1.165) is 18.4 Å². The van der Waals surface area contributed by atoms with Gasteiger partial charge in [0.05, 0.1) is 0 Å². The van der Waals surface area contributed by atoms with Crippen molar-refractivity contribution in [2.24, 2.45) is 0 Å². The summed E-state index contributed by atoms with van der Waals surface area (Å²) < 4.78 is 9.17. The fraction of sp³-hybridized carbons (Fsp3) is 0.571. The highest BCUT2D eigenvalue weighted by Gasteiger charge is 2.29. The van der Waals surface area contributed by atoms with E-state index < -0.39 is 6.16 Å². The van der Waals surface area contributed by atoms with Gasteiger partial charge in [0.2, 0.25) is 0 Å². The molecule has 1 rings (SSSR count). The second-order valence-corrected chi connectivity index (χ2v) is 2.41. The highest BCUT2D eigenvalue weighted by atomic mass is 16.9. The first kappa shape index (κ1) is 7.12. The van der Waals surface area contributed by atoms with Gasteiger partial charge in [0, 0.05) is 6.42 Å². The highest BCUT2D eigenvalue weighted by molar-refractivity contribution is 5.64. The fourth-order valence-electron chi connectivity index (χ4n) is 0.706. The van der Waals surface area contributed by atoms with Crippen molar-refractivity contribution in [3.8, 4) is 0 Å². The predicted octanol–water partition coefficient (Wildman–Crippen LogP) is 1.84. The lowest BCUT2D eigenvalue weighted by Gasteiger charge is -2.25. The number of ether oxygens (including phenoxy) is 2. The molecule has 1 aliphatic rings. The number of rotatable bonds is 3. The molecule has 0 spiro atoms. The molecule has 0 aromatic rings. The van der Waals surface area contributed by atoms with Crippen LogP contribution in [0.5, 0.6) is 0 Å². The van der Waals surface area contributed by atoms with Crippen molar-refractivity contribution >= 4 is 6.16 Å². The summed E-state index contributed by atoms with van der Waals surface area (Å²) >= 11 is 0. The van der Waals surface area contributed by atoms with Gasteiger partial charge in [0.25, 0.3) is 6.29 Å². The van der Waals surface area contributed by atoms with E-state index in [0.29, 0.717) is 0 Å². The van der Waals surface area contributed by atoms with Crippen LogP contribution < -0.4 is 0 Å². The molecule has 10 heavy (non-hydrogen) atoms. The lowest BCUT2D eigenvalue weighted by molar-refractivity contribution is -0.184. The lowest BCUT2D eigenvalue weighted by atomic mass is 10.2. The van der Waals surface area contributed by atoms with Crippen molar-refractivity contribution in [3.05, 3.63) is 12.2 Å². The summed E-state index contributed by atoms with van der Waals surface area (Å²) in [5, 5.41) is 0. The van der Waals surface area contributed by atoms with Crippen LogP contribution >= 0.6 is 0 Å². The quantitative estimate of drug-likeness (QED) is 0.445. The minimum Gasteiger partial charge on any atom is -0.394 e. The van der Waals surface area contributed by atoms with Crippen molar-refractivity contribution in [1.29, 1.82) is 0 Å². The molecule has 0 bridgehead atoms. The van der Waals surface area contributed by atoms with E-state index >= 15 is 0 Å². The zero-order chi connectivity index (χ0) is 7.56. The third-order valence-electron chi connectivity index (χ3n) is 1.26. The van der Waals surface area contributed by atoms with Gasteiger partial charge in [-0.15, -0.1) is 6.58 Å². The van der Waals surface area contributed by atoms with E-state index in [1.165, 1.54) is 0 Å². The number of carbonyl (C=O) groups is 1. The van der Waals surface area contributed by atoms with Gasteiger partial charge in [-0.2, -0.15) is 0 Å². The fourth-order valence-corrected chi connectivity index (χ4v) is 0.706. The molecule has 1 saturated heterocycles. The Labute approximate surface area is 59.6 Å². The molecular formula is C7H10O3. The monoisotopic (exact) mass is 142 g/mol. The summed E-state index contributed by atoms with van der Waals surface area (Å²) in [5.41, 5.74) is 1.08. The van der Waals surface area contributed by atoms with Crippen LogP contribution in [-0.2, 0) is 9.47 Å². The summed E-state index contributed by atoms with van der Waals surface area (Å²) in [6, 6.07) is 0. The third-order valence-corrected chi connectivity index (χ3v) is 1.26. The van der Waals surface area contributed by atoms with E-state index in [4.69, 9.17) is 0 Å². The van der Waals surface area contributed by atoms with Crippen LogP contribution in [0.1, 0.15) is 19.8 Å². The van der Waals surface area contributed by atoms with Gasteiger partial charge in [0.1, 0.15) is 0 Å². The summed E-state index contributed by atoms with van der Waals surface area (Å²) in [6.45, 7) is 5.64. The molecule has 1 aliphatic heterocycles. The average molecular weight is 142 g/mol. The van der Waals surface area contributed by atoms with Gasteiger partial charge in [0.15, 0.2) is 0 Å². The van der Waals surface area contributed by atoms with Gasteiger partial charge in [-0.3, -0.25) is 0 Å². The SMILES string of the molecule is C=C(C)CCC1OC(=O)O1. The van der Waals surface area contributed by atoms with Crippen molar-refractivity contribution in [2.45, 2.75) is 26.1 Å². The molecule has 0 aliphatic carbocycles. The molecule has 0 aromatic carbocycles. The number of allylic oxidation sites excluding steroid dienone is 1. The molecule has 56 valence electrons. The predicted molar refractivity (Wildman–Crippen MR) is 35.4 cm³/mol. The van der Waals surface area contributed by atoms with Gasteiger partial charge in [-0.25, -0.2) is 4.79 Å². The van der Waals surface area contributed by atoms with E-state index in [9.17, 15) is 4.79 Å². The highest BCUT2D eigenvalue weighted by Crippen LogP contribution is 2.17. The van der Waals surface area contributed by atoms with Gasteiger partial charge < -0.3 is 9.47 Å². The molecule has 0 amide bonds. The maximum absolute atomic E-state index is 10.1. The Hall–Kier alpha value is -0.990. The van der Waals surface area contributed by atoms with Crippen LogP contribution in [0.2, 0.25) is 0 Å². The second kappa shape index (κ2) is 2.73. The molecule has 3 heteroatoms. The summed E-state index contributed by atoms with van der Waals surface area (Å²) in [7, 11) is 0. The molecule has 1 fully saturated rings. The minimum atomic E-state index is -0.563. The van der Waals surface area contributed by atoms with Crippen LogP contribution in [0, 0.1) is 0 Å². The summed E-state index contributed by atoms with van der Waals surface area (Å²) in [4.78, 5) is 10.1. The molecule has 0 N–H and O–H groups in total. The van der Waals surface area contributed by atoms with Gasteiger partial charge >= 0.3 is 6.16 Å². The molecule has 0 radical (unpaired) electrons. The number of cyclic esters (lactones) is 2. The Balaban J connectivity index is 2.05. The Morgan fingerprint density at radius 1 is 1.70 bits per heavy atom. The molecule has 0 saturated carbocycles. The van der Waals surface area contributed by atoms with Crippen molar-refractivity contribution in [1.82, 2.24) is 0 Å². The van der Waals surface area contributed by atoms with Crippen molar-refractivity contribution in [2.75, 3.05) is 0 Å². The average Bonchev–Trinajstić information content (AvgIpc) is 1.77. The van der Waals surface area contributed by atoms with Crippen LogP contribution in [0.3, 0.4) is 0 Å². The molecule has 3 nitrogen and oxygen atoms in total. The van der Waals surface area contributed by atoms with E-state index in [1.807, 2.05) is 6.92 Å². The Morgan fingerprint density at radius 3 is 2.70 bits per heavy atom. The first-order chi connectivity index (χ1) is 4.68. The Bertz CT molecular complexity index is 154. The third kappa shape index (κ3) is 1.76. The zero-order valence-corrected chi connectivity index (χ0v) is 5.92. The number of carbonyl (C=O) groups excluding carboxylic acids is 1. The molecule has 0 unspecified atom stereocenters. The first-order valence-corrected chi connectivity index (χ1v) is 3.20. The van der Waals surface area contributed by atoms with Crippen LogP contribution in [0.25, 0.3) is 0 Å². The lowest BCUT2D eigenvalue weighted by Crippen LogP contribution is -2.35. The Kier molecular flexibility index (Phi) is 1.94. The largest absolute Gasteiger partial charge is 0.514 e. The van der Waals surface area contributed by atoms with Crippen LogP contribution in [0.4, 0.5) is 4.79 Å². The summed E-state index contributed by atoms with van der Waals surface area (Å²) in [6.07, 6.45) is 0.690. The maximum atomic E-state index is 10.1. The number of hydrogen-bond acceptors (Lipinski definition) is 3. The molecule has 0 atom stereocenters. The van der Waals surface area contributed by atoms with Crippen LogP contribution in [-0.4, -0.2) is 12.4 Å². The van der Waals surface area contributed by atoms with Gasteiger partial charge in [-0.1, -0.05) is 5.57 Å². The van der Waals surface area contributed by atoms with Gasteiger partial charge in [-0.05, 0) is 13.3 Å². The zero-order valence-electron chi connectivity index (χ0n) is 5.92. The second-order valence-electron chi connectivity index (χ2n) is 2.41. The normalized spacial score (nSPS) is 17.1. The van der Waals surface area contributed by atoms with E-state index in [2.05, 4.69) is 16.1 Å². The maximum Gasteiger partial charge on any atom is 0.514 e. The molecular weight excluding hydrogens is 132 g/mol. The Morgan fingerprint density at radius 2 is 2.30 bits per heavy atom. The minimum absolute atomic E-state index is 0.316. The topological polar surface area (TPSA) is 35.5 Å². The van der Waals surface area contributed by atoms with Crippen molar-refractivity contribution in [3.63, 3.8) is 0 Å². The molecule has 1 heterocycles. The number of hydrogen-bond donors (Lipinski definition) is 0. The van der Waals surface area contributed by atoms with Crippen LogP contribution in [0.15, 0.2) is 12.2 Å².